The smallest absolute Gasteiger partial charge is 0.258 e. The van der Waals surface area contributed by atoms with Crippen LogP contribution in [0.15, 0.2) is 42.5 Å². The van der Waals surface area contributed by atoms with Gasteiger partial charge < -0.3 is 15.0 Å². The number of likely N-dealkylation sites (tertiary alicyclic amines) is 1. The van der Waals surface area contributed by atoms with E-state index < -0.39 is 0 Å². The molecule has 1 saturated heterocycles. The van der Waals surface area contributed by atoms with Gasteiger partial charge in [-0.3, -0.25) is 4.79 Å². The number of hydrogen-bond acceptors (Lipinski definition) is 3. The number of rotatable bonds is 7. The lowest BCUT2D eigenvalue weighted by Crippen LogP contribution is -2.38. The van der Waals surface area contributed by atoms with Crippen molar-refractivity contribution in [3.8, 4) is 5.75 Å². The minimum Gasteiger partial charge on any atom is -0.484 e. The summed E-state index contributed by atoms with van der Waals surface area (Å²) in [6, 6.07) is 13.5. The SMILES string of the molecule is O=C(COc1cc(Cl)cc(Cl)c1)N[C@@H]1CC[C@H](CN2CCC(c3ccc(Cl)cc3)CC2)C1. The van der Waals surface area contributed by atoms with Crippen LogP contribution in [0.5, 0.6) is 5.75 Å². The Morgan fingerprint density at radius 1 is 0.938 bits per heavy atom. The maximum Gasteiger partial charge on any atom is 0.258 e. The van der Waals surface area contributed by atoms with Gasteiger partial charge in [-0.15, -0.1) is 0 Å². The van der Waals surface area contributed by atoms with Gasteiger partial charge in [0.25, 0.3) is 5.91 Å². The van der Waals surface area contributed by atoms with E-state index in [-0.39, 0.29) is 18.6 Å². The van der Waals surface area contributed by atoms with Crippen molar-refractivity contribution < 1.29 is 9.53 Å². The van der Waals surface area contributed by atoms with E-state index in [4.69, 9.17) is 39.5 Å². The van der Waals surface area contributed by atoms with Gasteiger partial charge in [-0.1, -0.05) is 46.9 Å². The van der Waals surface area contributed by atoms with E-state index in [1.165, 1.54) is 18.4 Å². The first kappa shape index (κ1) is 23.7. The summed E-state index contributed by atoms with van der Waals surface area (Å²) in [5.41, 5.74) is 1.40. The van der Waals surface area contributed by atoms with Crippen LogP contribution in [0, 0.1) is 5.92 Å². The van der Waals surface area contributed by atoms with Gasteiger partial charge in [0.05, 0.1) is 0 Å². The molecule has 4 rings (SSSR count). The molecule has 0 aromatic heterocycles. The normalized spacial score (nSPS) is 22.1. The molecule has 1 amide bonds. The zero-order chi connectivity index (χ0) is 22.5. The second kappa shape index (κ2) is 11.1. The fraction of sp³-hybridized carbons (Fsp3) is 0.480. The molecule has 0 radical (unpaired) electrons. The lowest BCUT2D eigenvalue weighted by Gasteiger charge is -2.33. The van der Waals surface area contributed by atoms with E-state index in [2.05, 4.69) is 22.3 Å². The number of carbonyl (C=O) groups excluding carboxylic acids is 1. The number of nitrogens with one attached hydrogen (secondary N) is 1. The van der Waals surface area contributed by atoms with Crippen LogP contribution in [0.3, 0.4) is 0 Å². The standard InChI is InChI=1S/C25H29Cl3N2O2/c26-20-4-2-18(3-5-20)19-7-9-30(10-8-19)15-17-1-6-23(11-17)29-25(31)16-32-24-13-21(27)12-22(28)14-24/h2-5,12-14,17,19,23H,1,6-11,15-16H2,(H,29,31)/t17-,23+/m0/s1. The van der Waals surface area contributed by atoms with Crippen molar-refractivity contribution in [2.24, 2.45) is 5.92 Å². The number of nitrogens with zero attached hydrogens (tertiary/aromatic N) is 1. The van der Waals surface area contributed by atoms with E-state index in [1.807, 2.05) is 12.1 Å². The summed E-state index contributed by atoms with van der Waals surface area (Å²) in [5, 5.41) is 4.90. The molecule has 1 aliphatic carbocycles. The fourth-order valence-electron chi connectivity index (χ4n) is 4.95. The Hall–Kier alpha value is -1.46. The first-order valence-corrected chi connectivity index (χ1v) is 12.4. The molecule has 2 aliphatic rings. The molecule has 2 atom stereocenters. The Morgan fingerprint density at radius 3 is 2.31 bits per heavy atom. The maximum absolute atomic E-state index is 12.3. The first-order chi connectivity index (χ1) is 15.4. The van der Waals surface area contributed by atoms with Crippen molar-refractivity contribution in [1.82, 2.24) is 10.2 Å². The molecule has 32 heavy (non-hydrogen) atoms. The number of ether oxygens (including phenoxy) is 1. The lowest BCUT2D eigenvalue weighted by atomic mass is 9.89. The van der Waals surface area contributed by atoms with Crippen LogP contribution in [0.2, 0.25) is 15.1 Å². The second-order valence-electron chi connectivity index (χ2n) is 8.96. The quantitative estimate of drug-likeness (QED) is 0.498. The van der Waals surface area contributed by atoms with Crippen molar-refractivity contribution >= 4 is 40.7 Å². The van der Waals surface area contributed by atoms with Crippen LogP contribution in [0.1, 0.15) is 43.6 Å². The molecule has 172 valence electrons. The molecule has 1 heterocycles. The molecular weight excluding hydrogens is 467 g/mol. The van der Waals surface area contributed by atoms with Gasteiger partial charge in [-0.05, 0) is 92.9 Å². The summed E-state index contributed by atoms with van der Waals surface area (Å²) in [6.07, 6.45) is 5.61. The van der Waals surface area contributed by atoms with E-state index in [1.54, 1.807) is 18.2 Å². The molecule has 1 N–H and O–H groups in total. The van der Waals surface area contributed by atoms with Gasteiger partial charge in [-0.2, -0.15) is 0 Å². The van der Waals surface area contributed by atoms with Gasteiger partial charge in [-0.25, -0.2) is 0 Å². The molecule has 2 aromatic rings. The van der Waals surface area contributed by atoms with Crippen LogP contribution < -0.4 is 10.1 Å². The summed E-state index contributed by atoms with van der Waals surface area (Å²) >= 11 is 18.0. The average molecular weight is 496 g/mol. The largest absolute Gasteiger partial charge is 0.484 e. The highest BCUT2D eigenvalue weighted by Crippen LogP contribution is 2.32. The van der Waals surface area contributed by atoms with Gasteiger partial charge in [0.1, 0.15) is 5.75 Å². The average Bonchev–Trinajstić information content (AvgIpc) is 3.19. The van der Waals surface area contributed by atoms with Crippen molar-refractivity contribution in [2.45, 2.75) is 44.1 Å². The van der Waals surface area contributed by atoms with Crippen LogP contribution >= 0.6 is 34.8 Å². The van der Waals surface area contributed by atoms with Crippen LogP contribution in [-0.4, -0.2) is 43.1 Å². The minimum absolute atomic E-state index is 0.0317. The van der Waals surface area contributed by atoms with Crippen LogP contribution in [0.4, 0.5) is 0 Å². The Labute approximate surface area is 205 Å². The summed E-state index contributed by atoms with van der Waals surface area (Å²) in [7, 11) is 0. The third-order valence-electron chi connectivity index (χ3n) is 6.56. The number of amides is 1. The number of hydrogen-bond donors (Lipinski definition) is 1. The zero-order valence-corrected chi connectivity index (χ0v) is 20.3. The Balaban J connectivity index is 1.16. The van der Waals surface area contributed by atoms with Crippen molar-refractivity contribution in [3.63, 3.8) is 0 Å². The fourth-order valence-corrected chi connectivity index (χ4v) is 5.58. The van der Waals surface area contributed by atoms with E-state index in [9.17, 15) is 4.79 Å². The summed E-state index contributed by atoms with van der Waals surface area (Å²) < 4.78 is 5.54. The van der Waals surface area contributed by atoms with Crippen molar-refractivity contribution in [2.75, 3.05) is 26.2 Å². The van der Waals surface area contributed by atoms with Gasteiger partial charge in [0.15, 0.2) is 6.61 Å². The highest BCUT2D eigenvalue weighted by molar-refractivity contribution is 6.34. The second-order valence-corrected chi connectivity index (χ2v) is 10.3. The van der Waals surface area contributed by atoms with Crippen LogP contribution in [0.25, 0.3) is 0 Å². The molecule has 4 nitrogen and oxygen atoms in total. The predicted octanol–water partition coefficient (Wildman–Crippen LogP) is 6.19. The highest BCUT2D eigenvalue weighted by Gasteiger charge is 2.29. The molecule has 7 heteroatoms. The third kappa shape index (κ3) is 6.77. The monoisotopic (exact) mass is 494 g/mol. The number of benzene rings is 2. The molecule has 0 spiro atoms. The van der Waals surface area contributed by atoms with E-state index in [0.29, 0.717) is 27.6 Å². The highest BCUT2D eigenvalue weighted by atomic mass is 35.5. The first-order valence-electron chi connectivity index (χ1n) is 11.3. The molecule has 0 bridgehead atoms. The summed E-state index contributed by atoms with van der Waals surface area (Å²) in [5.74, 6) is 1.67. The Morgan fingerprint density at radius 2 is 1.62 bits per heavy atom. The topological polar surface area (TPSA) is 41.6 Å². The van der Waals surface area contributed by atoms with E-state index >= 15 is 0 Å². The number of piperidine rings is 1. The molecule has 1 saturated carbocycles. The Kier molecular flexibility index (Phi) is 8.22. The van der Waals surface area contributed by atoms with Gasteiger partial charge >= 0.3 is 0 Å². The number of halogens is 3. The molecule has 0 unspecified atom stereocenters. The number of carbonyl (C=O) groups is 1. The van der Waals surface area contributed by atoms with E-state index in [0.717, 1.165) is 43.9 Å². The molecule has 2 aromatic carbocycles. The minimum atomic E-state index is -0.101. The molecule has 1 aliphatic heterocycles. The van der Waals surface area contributed by atoms with Crippen LogP contribution in [-0.2, 0) is 4.79 Å². The van der Waals surface area contributed by atoms with Gasteiger partial charge in [0.2, 0.25) is 0 Å². The zero-order valence-electron chi connectivity index (χ0n) is 18.0. The summed E-state index contributed by atoms with van der Waals surface area (Å²) in [4.78, 5) is 14.9. The lowest BCUT2D eigenvalue weighted by molar-refractivity contribution is -0.123. The van der Waals surface area contributed by atoms with Crippen molar-refractivity contribution in [3.05, 3.63) is 63.1 Å². The predicted molar refractivity (Wildman–Crippen MR) is 131 cm³/mol. The van der Waals surface area contributed by atoms with Crippen molar-refractivity contribution in [1.29, 1.82) is 0 Å². The molecular formula is C25H29Cl3N2O2. The summed E-state index contributed by atoms with van der Waals surface area (Å²) in [6.45, 7) is 3.36. The third-order valence-corrected chi connectivity index (χ3v) is 7.25. The molecule has 2 fully saturated rings. The Bertz CT molecular complexity index is 894. The maximum atomic E-state index is 12.3. The van der Waals surface area contributed by atoms with Gasteiger partial charge in [0, 0.05) is 27.7 Å².